The van der Waals surface area contributed by atoms with Crippen LogP contribution in [0.25, 0.3) is 0 Å². The van der Waals surface area contributed by atoms with Crippen LogP contribution in [0.4, 0.5) is 0 Å². The lowest BCUT2D eigenvalue weighted by atomic mass is 10.1. The summed E-state index contributed by atoms with van der Waals surface area (Å²) in [6, 6.07) is 12.8. The molecule has 1 amide bonds. The van der Waals surface area contributed by atoms with E-state index in [1.165, 1.54) is 0 Å². The van der Waals surface area contributed by atoms with Crippen molar-refractivity contribution in [3.05, 3.63) is 53.6 Å². The fourth-order valence-corrected chi connectivity index (χ4v) is 3.14. The molecule has 3 rings (SSSR count). The van der Waals surface area contributed by atoms with Gasteiger partial charge >= 0.3 is 0 Å². The van der Waals surface area contributed by atoms with Gasteiger partial charge in [0.05, 0.1) is 19.8 Å². The van der Waals surface area contributed by atoms with E-state index >= 15 is 0 Å². The van der Waals surface area contributed by atoms with Crippen molar-refractivity contribution < 1.29 is 23.7 Å². The fourth-order valence-electron chi connectivity index (χ4n) is 3.14. The van der Waals surface area contributed by atoms with Crippen molar-refractivity contribution >= 4 is 5.91 Å². The SMILES string of the molecule is CCOc1ccc(C(=O)NCC2CCCO2)cc1COc1ccccc1OC. The van der Waals surface area contributed by atoms with Gasteiger partial charge in [-0.25, -0.2) is 0 Å². The zero-order valence-corrected chi connectivity index (χ0v) is 16.4. The monoisotopic (exact) mass is 385 g/mol. The first kappa shape index (κ1) is 20.0. The average molecular weight is 385 g/mol. The predicted octanol–water partition coefficient (Wildman–Crippen LogP) is 3.58. The van der Waals surface area contributed by atoms with E-state index in [4.69, 9.17) is 18.9 Å². The van der Waals surface area contributed by atoms with Crippen molar-refractivity contribution in [1.82, 2.24) is 5.32 Å². The molecular formula is C22H27NO5. The minimum Gasteiger partial charge on any atom is -0.493 e. The summed E-state index contributed by atoms with van der Waals surface area (Å²) in [5.41, 5.74) is 1.37. The highest BCUT2D eigenvalue weighted by atomic mass is 16.5. The molecule has 6 heteroatoms. The van der Waals surface area contributed by atoms with Crippen molar-refractivity contribution in [3.8, 4) is 17.2 Å². The zero-order chi connectivity index (χ0) is 19.8. The highest BCUT2D eigenvalue weighted by Crippen LogP contribution is 2.28. The smallest absolute Gasteiger partial charge is 0.251 e. The minimum absolute atomic E-state index is 0.111. The van der Waals surface area contributed by atoms with Crippen LogP contribution in [0.5, 0.6) is 17.2 Å². The van der Waals surface area contributed by atoms with Gasteiger partial charge in [0, 0.05) is 24.3 Å². The van der Waals surface area contributed by atoms with E-state index in [0.717, 1.165) is 25.0 Å². The Hall–Kier alpha value is -2.73. The van der Waals surface area contributed by atoms with Crippen LogP contribution in [0.15, 0.2) is 42.5 Å². The Morgan fingerprint density at radius 1 is 1.14 bits per heavy atom. The van der Waals surface area contributed by atoms with Crippen LogP contribution in [0.3, 0.4) is 0 Å². The Labute approximate surface area is 165 Å². The van der Waals surface area contributed by atoms with Crippen molar-refractivity contribution in [2.75, 3.05) is 26.9 Å². The summed E-state index contributed by atoms with van der Waals surface area (Å²) < 4.78 is 22.5. The summed E-state index contributed by atoms with van der Waals surface area (Å²) in [7, 11) is 1.60. The molecule has 0 spiro atoms. The molecule has 0 aliphatic carbocycles. The second kappa shape index (κ2) is 9.99. The second-order valence-electron chi connectivity index (χ2n) is 6.54. The van der Waals surface area contributed by atoms with Crippen molar-refractivity contribution in [3.63, 3.8) is 0 Å². The van der Waals surface area contributed by atoms with Gasteiger partial charge in [-0.1, -0.05) is 12.1 Å². The van der Waals surface area contributed by atoms with Gasteiger partial charge in [-0.3, -0.25) is 4.79 Å². The zero-order valence-electron chi connectivity index (χ0n) is 16.4. The van der Waals surface area contributed by atoms with Crippen LogP contribution in [0.2, 0.25) is 0 Å². The third-order valence-electron chi connectivity index (χ3n) is 4.59. The number of carbonyl (C=O) groups excluding carboxylic acids is 1. The lowest BCUT2D eigenvalue weighted by Crippen LogP contribution is -2.31. The molecule has 150 valence electrons. The predicted molar refractivity (Wildman–Crippen MR) is 106 cm³/mol. The van der Waals surface area contributed by atoms with Crippen LogP contribution >= 0.6 is 0 Å². The molecule has 1 unspecified atom stereocenters. The van der Waals surface area contributed by atoms with Gasteiger partial charge in [0.15, 0.2) is 11.5 Å². The molecule has 1 heterocycles. The van der Waals surface area contributed by atoms with Crippen LogP contribution in [0, 0.1) is 0 Å². The molecule has 1 aliphatic rings. The number of hydrogen-bond acceptors (Lipinski definition) is 5. The van der Waals surface area contributed by atoms with E-state index in [2.05, 4.69) is 5.32 Å². The van der Waals surface area contributed by atoms with Gasteiger partial charge in [-0.2, -0.15) is 0 Å². The maximum atomic E-state index is 12.5. The highest BCUT2D eigenvalue weighted by Gasteiger charge is 2.17. The van der Waals surface area contributed by atoms with Crippen molar-refractivity contribution in [1.29, 1.82) is 0 Å². The average Bonchev–Trinajstić information content (AvgIpc) is 3.25. The van der Waals surface area contributed by atoms with Crippen LogP contribution < -0.4 is 19.5 Å². The molecule has 1 atom stereocenters. The number of amides is 1. The topological polar surface area (TPSA) is 66.0 Å². The van der Waals surface area contributed by atoms with E-state index in [-0.39, 0.29) is 18.6 Å². The van der Waals surface area contributed by atoms with Crippen molar-refractivity contribution in [2.24, 2.45) is 0 Å². The molecule has 6 nitrogen and oxygen atoms in total. The highest BCUT2D eigenvalue weighted by molar-refractivity contribution is 5.94. The number of benzene rings is 2. The number of carbonyl (C=O) groups is 1. The first-order valence-electron chi connectivity index (χ1n) is 9.62. The Morgan fingerprint density at radius 3 is 2.68 bits per heavy atom. The number of hydrogen-bond donors (Lipinski definition) is 1. The summed E-state index contributed by atoms with van der Waals surface area (Å²) in [5.74, 6) is 1.87. The second-order valence-corrected chi connectivity index (χ2v) is 6.54. The molecule has 0 aromatic heterocycles. The standard InChI is InChI=1S/C22H27NO5/c1-3-26-19-11-10-16(22(24)23-14-18-7-6-12-27-18)13-17(19)15-28-21-9-5-4-8-20(21)25-2/h4-5,8-11,13,18H,3,6-7,12,14-15H2,1-2H3,(H,23,24). The van der Waals surface area contributed by atoms with Gasteiger partial charge in [0.25, 0.3) is 5.91 Å². The maximum Gasteiger partial charge on any atom is 0.251 e. The number of para-hydroxylation sites is 2. The number of methoxy groups -OCH3 is 1. The van der Waals surface area contributed by atoms with Crippen LogP contribution in [-0.4, -0.2) is 38.9 Å². The molecule has 1 fully saturated rings. The van der Waals surface area contributed by atoms with Gasteiger partial charge in [-0.05, 0) is 50.1 Å². The first-order valence-corrected chi connectivity index (χ1v) is 9.62. The molecule has 2 aromatic carbocycles. The third kappa shape index (κ3) is 5.16. The van der Waals surface area contributed by atoms with E-state index in [9.17, 15) is 4.79 Å². The summed E-state index contributed by atoms with van der Waals surface area (Å²) in [6.45, 7) is 4.02. The molecular weight excluding hydrogens is 358 g/mol. The quantitative estimate of drug-likeness (QED) is 0.715. The maximum absolute atomic E-state index is 12.5. The molecule has 28 heavy (non-hydrogen) atoms. The van der Waals surface area contributed by atoms with E-state index in [1.54, 1.807) is 13.2 Å². The van der Waals surface area contributed by atoms with Gasteiger partial charge < -0.3 is 24.3 Å². The molecule has 0 saturated carbocycles. The summed E-state index contributed by atoms with van der Waals surface area (Å²) >= 11 is 0. The molecule has 0 bridgehead atoms. The van der Waals surface area contributed by atoms with E-state index in [1.807, 2.05) is 43.3 Å². The molecule has 1 saturated heterocycles. The van der Waals surface area contributed by atoms with Crippen LogP contribution in [0.1, 0.15) is 35.7 Å². The summed E-state index contributed by atoms with van der Waals surface area (Å²) in [6.07, 6.45) is 2.15. The lowest BCUT2D eigenvalue weighted by molar-refractivity contribution is 0.0857. The Balaban J connectivity index is 1.70. The summed E-state index contributed by atoms with van der Waals surface area (Å²) in [5, 5.41) is 2.95. The number of nitrogens with one attached hydrogen (secondary N) is 1. The van der Waals surface area contributed by atoms with Gasteiger partial charge in [0.1, 0.15) is 12.4 Å². The molecule has 2 aromatic rings. The van der Waals surface area contributed by atoms with E-state index < -0.39 is 0 Å². The first-order chi connectivity index (χ1) is 13.7. The largest absolute Gasteiger partial charge is 0.493 e. The lowest BCUT2D eigenvalue weighted by Gasteiger charge is -2.15. The third-order valence-corrected chi connectivity index (χ3v) is 4.59. The van der Waals surface area contributed by atoms with Gasteiger partial charge in [0.2, 0.25) is 0 Å². The molecule has 0 radical (unpaired) electrons. The number of rotatable bonds is 9. The van der Waals surface area contributed by atoms with Gasteiger partial charge in [-0.15, -0.1) is 0 Å². The Bertz CT molecular complexity index is 786. The molecule has 1 aliphatic heterocycles. The minimum atomic E-state index is -0.128. The normalized spacial score (nSPS) is 15.9. The number of ether oxygens (including phenoxy) is 4. The summed E-state index contributed by atoms with van der Waals surface area (Å²) in [4.78, 5) is 12.5. The van der Waals surface area contributed by atoms with Crippen LogP contribution in [-0.2, 0) is 11.3 Å². The molecule has 1 N–H and O–H groups in total. The fraction of sp³-hybridized carbons (Fsp3) is 0.409. The van der Waals surface area contributed by atoms with E-state index in [0.29, 0.717) is 36.0 Å². The van der Waals surface area contributed by atoms with Crippen molar-refractivity contribution in [2.45, 2.75) is 32.5 Å². The Kier molecular flexibility index (Phi) is 7.14. The Morgan fingerprint density at radius 2 is 1.96 bits per heavy atom.